The fourth-order valence-corrected chi connectivity index (χ4v) is 2.16. The van der Waals surface area contributed by atoms with Crippen LogP contribution >= 0.6 is 0 Å². The topological polar surface area (TPSA) is 50.1 Å². The molecule has 0 spiro atoms. The van der Waals surface area contributed by atoms with Crippen molar-refractivity contribution in [2.45, 2.75) is 20.8 Å². The van der Waals surface area contributed by atoms with Gasteiger partial charge in [0.1, 0.15) is 5.75 Å². The summed E-state index contributed by atoms with van der Waals surface area (Å²) in [6.45, 7) is 5.84. The van der Waals surface area contributed by atoms with Crippen molar-refractivity contribution in [1.82, 2.24) is 0 Å². The average molecular weight is 265 g/mol. The van der Waals surface area contributed by atoms with Crippen LogP contribution in [0.25, 0.3) is 0 Å². The number of hydrogen-bond acceptors (Lipinski definition) is 3. The minimum absolute atomic E-state index is 0.412. The Morgan fingerprint density at radius 3 is 2.10 bits per heavy atom. The molecule has 100 valence electrons. The molecule has 3 heteroatoms. The Labute approximate surface area is 118 Å². The minimum atomic E-state index is -0.412. The maximum atomic E-state index is 12.1. The van der Waals surface area contributed by atoms with Gasteiger partial charge < -0.3 is 4.74 Å². The zero-order valence-electron chi connectivity index (χ0n) is 11.7. The number of carbonyl (C=O) groups is 1. The zero-order chi connectivity index (χ0) is 14.7. The molecular formula is C17H15NO2. The highest BCUT2D eigenvalue weighted by Gasteiger charge is 2.12. The van der Waals surface area contributed by atoms with Gasteiger partial charge in [-0.15, -0.1) is 0 Å². The van der Waals surface area contributed by atoms with Crippen LogP contribution in [0.15, 0.2) is 36.4 Å². The summed E-state index contributed by atoms with van der Waals surface area (Å²) in [7, 11) is 0. The second kappa shape index (κ2) is 5.58. The molecule has 2 rings (SSSR count). The Balaban J connectivity index is 2.26. The second-order valence-corrected chi connectivity index (χ2v) is 4.81. The molecule has 0 N–H and O–H groups in total. The number of carbonyl (C=O) groups excluding carboxylic acids is 1. The highest BCUT2D eigenvalue weighted by atomic mass is 16.5. The number of benzene rings is 2. The molecule has 0 bridgehead atoms. The van der Waals surface area contributed by atoms with Crippen LogP contribution < -0.4 is 4.74 Å². The van der Waals surface area contributed by atoms with Crippen molar-refractivity contribution in [2.24, 2.45) is 0 Å². The fraction of sp³-hybridized carbons (Fsp3) is 0.176. The van der Waals surface area contributed by atoms with Crippen molar-refractivity contribution in [1.29, 1.82) is 5.26 Å². The molecule has 0 saturated heterocycles. The largest absolute Gasteiger partial charge is 0.422 e. The first kappa shape index (κ1) is 13.8. The van der Waals surface area contributed by atoms with Crippen LogP contribution in [0.1, 0.15) is 32.6 Å². The minimum Gasteiger partial charge on any atom is -0.422 e. The number of esters is 1. The summed E-state index contributed by atoms with van der Waals surface area (Å²) in [4.78, 5) is 12.1. The van der Waals surface area contributed by atoms with Crippen LogP contribution in [0, 0.1) is 32.1 Å². The van der Waals surface area contributed by atoms with Gasteiger partial charge in [0.2, 0.25) is 0 Å². The van der Waals surface area contributed by atoms with Gasteiger partial charge in [0.25, 0.3) is 0 Å². The summed E-state index contributed by atoms with van der Waals surface area (Å²) in [6, 6.07) is 12.4. The van der Waals surface area contributed by atoms with Crippen LogP contribution in [0.2, 0.25) is 0 Å². The Hall–Kier alpha value is -2.60. The first-order valence-electron chi connectivity index (χ1n) is 6.31. The number of ether oxygens (including phenoxy) is 1. The van der Waals surface area contributed by atoms with E-state index in [2.05, 4.69) is 0 Å². The Bertz CT molecular complexity index is 671. The van der Waals surface area contributed by atoms with E-state index in [1.165, 1.54) is 0 Å². The van der Waals surface area contributed by atoms with Gasteiger partial charge in [-0.2, -0.15) is 5.26 Å². The van der Waals surface area contributed by atoms with Gasteiger partial charge in [-0.3, -0.25) is 0 Å². The van der Waals surface area contributed by atoms with Gasteiger partial charge in [-0.1, -0.05) is 17.7 Å². The summed E-state index contributed by atoms with van der Waals surface area (Å²) in [5.74, 6) is 0.189. The quantitative estimate of drug-likeness (QED) is 0.614. The summed E-state index contributed by atoms with van der Waals surface area (Å²) in [5, 5.41) is 8.73. The van der Waals surface area contributed by atoms with E-state index < -0.39 is 5.97 Å². The van der Waals surface area contributed by atoms with Gasteiger partial charge in [0.15, 0.2) is 0 Å². The Morgan fingerprint density at radius 2 is 1.60 bits per heavy atom. The molecule has 0 aliphatic rings. The third-order valence-electron chi connectivity index (χ3n) is 3.05. The van der Waals surface area contributed by atoms with E-state index in [0.29, 0.717) is 16.9 Å². The lowest BCUT2D eigenvalue weighted by atomic mass is 10.1. The number of rotatable bonds is 2. The highest BCUT2D eigenvalue weighted by molar-refractivity contribution is 5.91. The van der Waals surface area contributed by atoms with E-state index in [1.54, 1.807) is 24.3 Å². The van der Waals surface area contributed by atoms with Gasteiger partial charge in [0.05, 0.1) is 17.2 Å². The maximum absolute atomic E-state index is 12.1. The summed E-state index contributed by atoms with van der Waals surface area (Å²) >= 11 is 0. The fourth-order valence-electron chi connectivity index (χ4n) is 2.16. The van der Waals surface area contributed by atoms with E-state index in [0.717, 1.165) is 16.7 Å². The average Bonchev–Trinajstić information content (AvgIpc) is 2.42. The van der Waals surface area contributed by atoms with E-state index >= 15 is 0 Å². The monoisotopic (exact) mass is 265 g/mol. The predicted molar refractivity (Wildman–Crippen MR) is 76.8 cm³/mol. The molecule has 0 fully saturated rings. The normalized spacial score (nSPS) is 9.90. The molecule has 0 unspecified atom stereocenters. The van der Waals surface area contributed by atoms with Crippen LogP contribution in [-0.4, -0.2) is 5.97 Å². The third kappa shape index (κ3) is 2.86. The Morgan fingerprint density at radius 1 is 1.05 bits per heavy atom. The van der Waals surface area contributed by atoms with Crippen LogP contribution in [0.3, 0.4) is 0 Å². The summed E-state index contributed by atoms with van der Waals surface area (Å²) in [5.41, 5.74) is 3.96. The van der Waals surface area contributed by atoms with Gasteiger partial charge in [-0.25, -0.2) is 4.79 Å². The van der Waals surface area contributed by atoms with E-state index in [1.807, 2.05) is 39.0 Å². The van der Waals surface area contributed by atoms with E-state index in [4.69, 9.17) is 10.00 Å². The molecule has 0 aromatic heterocycles. The molecule has 0 amide bonds. The van der Waals surface area contributed by atoms with Crippen molar-refractivity contribution in [3.63, 3.8) is 0 Å². The van der Waals surface area contributed by atoms with Crippen molar-refractivity contribution >= 4 is 5.97 Å². The molecule has 0 aliphatic heterocycles. The maximum Gasteiger partial charge on any atom is 0.343 e. The first-order valence-corrected chi connectivity index (χ1v) is 6.31. The lowest BCUT2D eigenvalue weighted by Gasteiger charge is -2.11. The van der Waals surface area contributed by atoms with Crippen molar-refractivity contribution < 1.29 is 9.53 Å². The third-order valence-corrected chi connectivity index (χ3v) is 3.05. The second-order valence-electron chi connectivity index (χ2n) is 4.81. The van der Waals surface area contributed by atoms with Gasteiger partial charge >= 0.3 is 5.97 Å². The molecule has 2 aromatic carbocycles. The number of nitriles is 1. The Kier molecular flexibility index (Phi) is 3.86. The van der Waals surface area contributed by atoms with Crippen LogP contribution in [0.5, 0.6) is 5.75 Å². The molecule has 0 radical (unpaired) electrons. The molecule has 20 heavy (non-hydrogen) atoms. The van der Waals surface area contributed by atoms with Crippen LogP contribution in [-0.2, 0) is 0 Å². The molecule has 2 aromatic rings. The molecule has 0 heterocycles. The smallest absolute Gasteiger partial charge is 0.343 e. The van der Waals surface area contributed by atoms with Gasteiger partial charge in [0, 0.05) is 0 Å². The first-order chi connectivity index (χ1) is 9.51. The number of hydrogen-bond donors (Lipinski definition) is 0. The molecule has 0 aliphatic carbocycles. The van der Waals surface area contributed by atoms with E-state index in [-0.39, 0.29) is 0 Å². The molecule has 0 atom stereocenters. The SMILES string of the molecule is Cc1cc(C)c(OC(=O)c2ccc(C#N)cc2)c(C)c1. The molecule has 3 nitrogen and oxygen atoms in total. The summed E-state index contributed by atoms with van der Waals surface area (Å²) < 4.78 is 5.47. The zero-order valence-corrected chi connectivity index (χ0v) is 11.7. The lowest BCUT2D eigenvalue weighted by molar-refractivity contribution is 0.0732. The molecular weight excluding hydrogens is 250 g/mol. The summed E-state index contributed by atoms with van der Waals surface area (Å²) in [6.07, 6.45) is 0. The van der Waals surface area contributed by atoms with E-state index in [9.17, 15) is 4.79 Å². The van der Waals surface area contributed by atoms with Crippen LogP contribution in [0.4, 0.5) is 0 Å². The predicted octanol–water partition coefficient (Wildman–Crippen LogP) is 3.70. The van der Waals surface area contributed by atoms with Crippen molar-refractivity contribution in [2.75, 3.05) is 0 Å². The number of nitrogens with zero attached hydrogens (tertiary/aromatic N) is 1. The number of aryl methyl sites for hydroxylation is 3. The van der Waals surface area contributed by atoms with Crippen molar-refractivity contribution in [3.05, 3.63) is 64.2 Å². The molecule has 0 saturated carbocycles. The van der Waals surface area contributed by atoms with Gasteiger partial charge in [-0.05, 0) is 56.2 Å². The van der Waals surface area contributed by atoms with Crippen molar-refractivity contribution in [3.8, 4) is 11.8 Å². The lowest BCUT2D eigenvalue weighted by Crippen LogP contribution is -2.10. The highest BCUT2D eigenvalue weighted by Crippen LogP contribution is 2.25. The standard InChI is InChI=1S/C17H15NO2/c1-11-8-12(2)16(13(3)9-11)20-17(19)15-6-4-14(10-18)5-7-15/h4-9H,1-3H3.